The molecule has 1 aliphatic rings. The lowest BCUT2D eigenvalue weighted by Crippen LogP contribution is -2.47. The van der Waals surface area contributed by atoms with Crippen molar-refractivity contribution in [3.63, 3.8) is 0 Å². The summed E-state index contributed by atoms with van der Waals surface area (Å²) in [5.74, 6) is 0.197. The number of nitrogens with one attached hydrogen (secondary N) is 2. The van der Waals surface area contributed by atoms with Crippen LogP contribution in [0.4, 0.5) is 0 Å². The van der Waals surface area contributed by atoms with E-state index in [9.17, 15) is 9.59 Å². The summed E-state index contributed by atoms with van der Waals surface area (Å²) in [5.41, 5.74) is 1.40. The molecule has 1 heterocycles. The maximum Gasteiger partial charge on any atom is 0.253 e. The lowest BCUT2D eigenvalue weighted by Gasteiger charge is -2.29. The van der Waals surface area contributed by atoms with Crippen molar-refractivity contribution < 1.29 is 14.3 Å². The topological polar surface area (TPSA) is 70.7 Å². The molecule has 1 saturated heterocycles. The number of methoxy groups -OCH3 is 1. The van der Waals surface area contributed by atoms with Crippen LogP contribution < -0.4 is 15.4 Å². The van der Waals surface area contributed by atoms with E-state index in [1.54, 1.807) is 38.3 Å². The zero-order valence-electron chi connectivity index (χ0n) is 17.4. The predicted molar refractivity (Wildman–Crippen MR) is 118 cm³/mol. The Morgan fingerprint density at radius 3 is 2.47 bits per heavy atom. The van der Waals surface area contributed by atoms with Crippen molar-refractivity contribution >= 4 is 23.4 Å². The zero-order valence-corrected chi connectivity index (χ0v) is 18.1. The average Bonchev–Trinajstić information content (AvgIpc) is 3.28. The van der Waals surface area contributed by atoms with Crippen molar-refractivity contribution in [2.24, 2.45) is 0 Å². The second-order valence-corrected chi connectivity index (χ2v) is 7.83. The molecule has 1 aliphatic heterocycles. The zero-order chi connectivity index (χ0) is 21.5. The number of halogens is 1. The fourth-order valence-electron chi connectivity index (χ4n) is 3.77. The van der Waals surface area contributed by atoms with Crippen molar-refractivity contribution in [3.05, 3.63) is 64.7 Å². The number of amides is 2. The minimum Gasteiger partial charge on any atom is -0.496 e. The molecule has 2 amide bonds. The van der Waals surface area contributed by atoms with Gasteiger partial charge < -0.3 is 15.4 Å². The molecule has 2 atom stereocenters. The summed E-state index contributed by atoms with van der Waals surface area (Å²) in [6, 6.07) is 14.0. The van der Waals surface area contributed by atoms with Crippen molar-refractivity contribution in [1.29, 1.82) is 0 Å². The Hall–Kier alpha value is -2.57. The van der Waals surface area contributed by atoms with Crippen molar-refractivity contribution in [1.82, 2.24) is 15.5 Å². The smallest absolute Gasteiger partial charge is 0.253 e. The largest absolute Gasteiger partial charge is 0.496 e. The number of hydrogen-bond acceptors (Lipinski definition) is 4. The lowest BCUT2D eigenvalue weighted by atomic mass is 10.0. The van der Waals surface area contributed by atoms with E-state index in [1.165, 1.54) is 0 Å². The van der Waals surface area contributed by atoms with E-state index >= 15 is 0 Å². The molecule has 2 aromatic rings. The number of hydrogen-bond donors (Lipinski definition) is 2. The molecule has 30 heavy (non-hydrogen) atoms. The Kier molecular flexibility index (Phi) is 7.71. The highest BCUT2D eigenvalue weighted by molar-refractivity contribution is 6.33. The number of carbonyl (C=O) groups is 2. The molecule has 2 N–H and O–H groups in total. The molecule has 0 saturated carbocycles. The van der Waals surface area contributed by atoms with E-state index < -0.39 is 6.04 Å². The first-order chi connectivity index (χ1) is 14.5. The molecule has 0 bridgehead atoms. The highest BCUT2D eigenvalue weighted by Crippen LogP contribution is 2.31. The van der Waals surface area contributed by atoms with Crippen LogP contribution in [0.25, 0.3) is 0 Å². The summed E-state index contributed by atoms with van der Waals surface area (Å²) in [4.78, 5) is 27.5. The van der Waals surface area contributed by atoms with Crippen molar-refractivity contribution in [2.75, 3.05) is 26.7 Å². The minimum absolute atomic E-state index is 0.0130. The number of benzene rings is 2. The number of para-hydroxylation sites is 1. The van der Waals surface area contributed by atoms with Crippen LogP contribution in [-0.2, 0) is 4.79 Å². The summed E-state index contributed by atoms with van der Waals surface area (Å²) >= 11 is 6.08. The standard InChI is InChI=1S/C23H28ClN3O3/c1-16(26-23(29)17-9-3-5-11-19(17)24)22(28)25-15-20(27-13-7-8-14-27)18-10-4-6-12-21(18)30-2/h3-6,9-12,16,20H,7-8,13-15H2,1-2H3,(H,25,28)(H,26,29). The predicted octanol–water partition coefficient (Wildman–Crippen LogP) is 3.42. The Labute approximate surface area is 182 Å². The minimum atomic E-state index is -0.689. The number of rotatable bonds is 8. The fourth-order valence-corrected chi connectivity index (χ4v) is 3.99. The van der Waals surface area contributed by atoms with Gasteiger partial charge in [-0.3, -0.25) is 14.5 Å². The van der Waals surface area contributed by atoms with Gasteiger partial charge in [-0.1, -0.05) is 41.9 Å². The average molecular weight is 430 g/mol. The highest BCUT2D eigenvalue weighted by Gasteiger charge is 2.27. The fraction of sp³-hybridized carbons (Fsp3) is 0.391. The maximum atomic E-state index is 12.7. The number of ether oxygens (including phenoxy) is 1. The molecule has 160 valence electrons. The van der Waals surface area contributed by atoms with Crippen molar-refractivity contribution in [3.8, 4) is 5.75 Å². The number of carbonyl (C=O) groups excluding carboxylic acids is 2. The van der Waals surface area contributed by atoms with Crippen molar-refractivity contribution in [2.45, 2.75) is 31.8 Å². The molecule has 0 spiro atoms. The normalized spacial score (nSPS) is 16.0. The van der Waals surface area contributed by atoms with Crippen LogP contribution in [0.3, 0.4) is 0 Å². The first kappa shape index (κ1) is 22.1. The molecule has 7 heteroatoms. The van der Waals surface area contributed by atoms with Crippen LogP contribution in [0.2, 0.25) is 5.02 Å². The molecule has 2 aromatic carbocycles. The van der Waals surface area contributed by atoms with E-state index in [4.69, 9.17) is 16.3 Å². The van der Waals surface area contributed by atoms with Crippen LogP contribution in [0.5, 0.6) is 5.75 Å². The summed E-state index contributed by atoms with van der Waals surface area (Å²) < 4.78 is 5.54. The van der Waals surface area contributed by atoms with Gasteiger partial charge in [-0.05, 0) is 51.1 Å². The molecule has 1 fully saturated rings. The SMILES string of the molecule is COc1ccccc1C(CNC(=O)C(C)NC(=O)c1ccccc1Cl)N1CCCC1. The third kappa shape index (κ3) is 5.32. The second kappa shape index (κ2) is 10.5. The third-order valence-electron chi connectivity index (χ3n) is 5.41. The first-order valence-corrected chi connectivity index (χ1v) is 10.6. The van der Waals surface area contributed by atoms with E-state index in [2.05, 4.69) is 15.5 Å². The number of nitrogens with zero attached hydrogens (tertiary/aromatic N) is 1. The van der Waals surface area contributed by atoms with Gasteiger partial charge in [0.25, 0.3) is 5.91 Å². The van der Waals surface area contributed by atoms with Crippen LogP contribution in [0, 0.1) is 0 Å². The Balaban J connectivity index is 1.65. The van der Waals surface area contributed by atoms with Gasteiger partial charge in [0.15, 0.2) is 0 Å². The quantitative estimate of drug-likeness (QED) is 0.674. The van der Waals surface area contributed by atoms with Gasteiger partial charge in [0.05, 0.1) is 23.7 Å². The molecule has 2 unspecified atom stereocenters. The second-order valence-electron chi connectivity index (χ2n) is 7.42. The van der Waals surface area contributed by atoms with Gasteiger partial charge in [-0.2, -0.15) is 0 Å². The van der Waals surface area contributed by atoms with Gasteiger partial charge in [-0.15, -0.1) is 0 Å². The van der Waals surface area contributed by atoms with Gasteiger partial charge in [0.1, 0.15) is 11.8 Å². The molecule has 0 radical (unpaired) electrons. The van der Waals surface area contributed by atoms with Crippen LogP contribution in [0.1, 0.15) is 41.7 Å². The monoisotopic (exact) mass is 429 g/mol. The summed E-state index contributed by atoms with van der Waals surface area (Å²) in [5, 5.41) is 6.07. The molecule has 3 rings (SSSR count). The van der Waals surface area contributed by atoms with Crippen LogP contribution >= 0.6 is 11.6 Å². The van der Waals surface area contributed by atoms with Crippen LogP contribution in [0.15, 0.2) is 48.5 Å². The van der Waals surface area contributed by atoms with E-state index in [-0.39, 0.29) is 17.9 Å². The molecular formula is C23H28ClN3O3. The van der Waals surface area contributed by atoms with Gasteiger partial charge in [0, 0.05) is 12.1 Å². The maximum absolute atomic E-state index is 12.7. The molecule has 6 nitrogen and oxygen atoms in total. The summed E-state index contributed by atoms with van der Waals surface area (Å²) in [6.07, 6.45) is 2.29. The van der Waals surface area contributed by atoms with Gasteiger partial charge in [-0.25, -0.2) is 0 Å². The first-order valence-electron chi connectivity index (χ1n) is 10.2. The van der Waals surface area contributed by atoms with E-state index in [1.807, 2.05) is 24.3 Å². The van der Waals surface area contributed by atoms with Gasteiger partial charge >= 0.3 is 0 Å². The summed E-state index contributed by atoms with van der Waals surface area (Å²) in [6.45, 7) is 4.07. The Morgan fingerprint density at radius 2 is 1.77 bits per heavy atom. The molecule has 0 aromatic heterocycles. The Bertz CT molecular complexity index is 884. The third-order valence-corrected chi connectivity index (χ3v) is 5.74. The Morgan fingerprint density at radius 1 is 1.10 bits per heavy atom. The van der Waals surface area contributed by atoms with Gasteiger partial charge in [0.2, 0.25) is 5.91 Å². The molecule has 0 aliphatic carbocycles. The lowest BCUT2D eigenvalue weighted by molar-refractivity contribution is -0.122. The van der Waals surface area contributed by atoms with E-state index in [0.717, 1.165) is 37.2 Å². The van der Waals surface area contributed by atoms with E-state index in [0.29, 0.717) is 17.1 Å². The number of likely N-dealkylation sites (tertiary alicyclic amines) is 1. The highest BCUT2D eigenvalue weighted by atomic mass is 35.5. The molecular weight excluding hydrogens is 402 g/mol. The van der Waals surface area contributed by atoms with Crippen LogP contribution in [-0.4, -0.2) is 49.5 Å². The summed E-state index contributed by atoms with van der Waals surface area (Å²) in [7, 11) is 1.66.